The van der Waals surface area contributed by atoms with Crippen LogP contribution in [0.4, 0.5) is 0 Å². The zero-order valence-electron chi connectivity index (χ0n) is 11.5. The van der Waals surface area contributed by atoms with Gasteiger partial charge in [0.05, 0.1) is 4.90 Å². The number of rotatable bonds is 3. The number of carbonyl (C=O) groups is 1. The molecule has 0 bridgehead atoms. The molecule has 1 aliphatic carbocycles. The van der Waals surface area contributed by atoms with Crippen LogP contribution >= 0.6 is 0 Å². The Morgan fingerprint density at radius 3 is 2.20 bits per heavy atom. The summed E-state index contributed by atoms with van der Waals surface area (Å²) in [6.45, 7) is 0. The lowest BCUT2D eigenvalue weighted by molar-refractivity contribution is 0.0926. The van der Waals surface area contributed by atoms with Crippen molar-refractivity contribution in [2.45, 2.75) is 42.7 Å². The summed E-state index contributed by atoms with van der Waals surface area (Å²) in [5.74, 6) is -0.162. The molecule has 3 N–H and O–H groups in total. The van der Waals surface area contributed by atoms with Gasteiger partial charge in [-0.25, -0.2) is 8.42 Å². The third kappa shape index (κ3) is 3.80. The SMILES string of the molecule is CS(=O)(=O)c1ccc(C(=O)NC2CCC(N)CC2)cc1. The Bertz CT molecular complexity index is 573. The van der Waals surface area contributed by atoms with Crippen LogP contribution in [0.25, 0.3) is 0 Å². The van der Waals surface area contributed by atoms with E-state index in [0.29, 0.717) is 5.56 Å². The molecule has 0 heterocycles. The van der Waals surface area contributed by atoms with Crippen LogP contribution in [-0.2, 0) is 9.84 Å². The Labute approximate surface area is 119 Å². The van der Waals surface area contributed by atoms with E-state index in [1.54, 1.807) is 12.1 Å². The smallest absolute Gasteiger partial charge is 0.251 e. The predicted octanol–water partition coefficient (Wildman–Crippen LogP) is 1.09. The molecular formula is C14H20N2O3S. The molecular weight excluding hydrogens is 276 g/mol. The van der Waals surface area contributed by atoms with Crippen LogP contribution in [0, 0.1) is 0 Å². The van der Waals surface area contributed by atoms with Gasteiger partial charge in [-0.15, -0.1) is 0 Å². The van der Waals surface area contributed by atoms with Gasteiger partial charge in [-0.05, 0) is 49.9 Å². The van der Waals surface area contributed by atoms with Crippen molar-refractivity contribution in [1.82, 2.24) is 5.32 Å². The van der Waals surface area contributed by atoms with Gasteiger partial charge in [-0.2, -0.15) is 0 Å². The Hall–Kier alpha value is -1.40. The van der Waals surface area contributed by atoms with E-state index < -0.39 is 9.84 Å². The summed E-state index contributed by atoms with van der Waals surface area (Å²) in [5, 5.41) is 2.97. The van der Waals surface area contributed by atoms with Crippen molar-refractivity contribution in [1.29, 1.82) is 0 Å². The van der Waals surface area contributed by atoms with Crippen molar-refractivity contribution < 1.29 is 13.2 Å². The second kappa shape index (κ2) is 5.93. The molecule has 1 saturated carbocycles. The van der Waals surface area contributed by atoms with Crippen LogP contribution in [0.3, 0.4) is 0 Å². The molecule has 0 saturated heterocycles. The van der Waals surface area contributed by atoms with Gasteiger partial charge in [0.25, 0.3) is 5.91 Å². The fourth-order valence-electron chi connectivity index (χ4n) is 2.39. The third-order valence-corrected chi connectivity index (χ3v) is 4.78. The standard InChI is InChI=1S/C14H20N2O3S/c1-20(18,19)13-8-2-10(3-9-13)14(17)16-12-6-4-11(15)5-7-12/h2-3,8-9,11-12H,4-7,15H2,1H3,(H,16,17). The van der Waals surface area contributed by atoms with Crippen molar-refractivity contribution in [2.24, 2.45) is 5.73 Å². The normalized spacial score (nSPS) is 23.3. The van der Waals surface area contributed by atoms with Crippen LogP contribution in [0.15, 0.2) is 29.2 Å². The molecule has 0 atom stereocenters. The summed E-state index contributed by atoms with van der Waals surface area (Å²) in [4.78, 5) is 12.3. The first-order valence-corrected chi connectivity index (χ1v) is 8.62. The third-order valence-electron chi connectivity index (χ3n) is 3.65. The van der Waals surface area contributed by atoms with Gasteiger partial charge in [0, 0.05) is 23.9 Å². The molecule has 1 amide bonds. The molecule has 0 aromatic heterocycles. The summed E-state index contributed by atoms with van der Waals surface area (Å²) >= 11 is 0. The number of benzene rings is 1. The second-order valence-electron chi connectivity index (χ2n) is 5.38. The van der Waals surface area contributed by atoms with Gasteiger partial charge in [0.2, 0.25) is 0 Å². The number of amides is 1. The summed E-state index contributed by atoms with van der Waals surface area (Å²) in [6.07, 6.45) is 4.80. The van der Waals surface area contributed by atoms with Crippen molar-refractivity contribution in [3.05, 3.63) is 29.8 Å². The van der Waals surface area contributed by atoms with E-state index in [4.69, 9.17) is 5.73 Å². The lowest BCUT2D eigenvalue weighted by Gasteiger charge is -2.26. The highest BCUT2D eigenvalue weighted by Crippen LogP contribution is 2.17. The first-order chi connectivity index (χ1) is 9.36. The minimum atomic E-state index is -3.22. The number of carbonyl (C=O) groups excluding carboxylic acids is 1. The van der Waals surface area contributed by atoms with Crippen LogP contribution in [-0.4, -0.2) is 32.7 Å². The van der Waals surface area contributed by atoms with Gasteiger partial charge in [0.15, 0.2) is 9.84 Å². The first-order valence-electron chi connectivity index (χ1n) is 6.73. The average Bonchev–Trinajstić information content (AvgIpc) is 2.40. The Morgan fingerprint density at radius 2 is 1.70 bits per heavy atom. The lowest BCUT2D eigenvalue weighted by Crippen LogP contribution is -2.40. The van der Waals surface area contributed by atoms with Crippen LogP contribution < -0.4 is 11.1 Å². The maximum atomic E-state index is 12.1. The monoisotopic (exact) mass is 296 g/mol. The molecule has 1 fully saturated rings. The molecule has 0 unspecified atom stereocenters. The number of nitrogens with two attached hydrogens (primary N) is 1. The van der Waals surface area contributed by atoms with Crippen molar-refractivity contribution in [3.8, 4) is 0 Å². The summed E-state index contributed by atoms with van der Waals surface area (Å²) in [5.41, 5.74) is 6.31. The minimum Gasteiger partial charge on any atom is -0.349 e. The highest BCUT2D eigenvalue weighted by atomic mass is 32.2. The molecule has 1 aromatic carbocycles. The molecule has 20 heavy (non-hydrogen) atoms. The molecule has 2 rings (SSSR count). The van der Waals surface area contributed by atoms with E-state index >= 15 is 0 Å². The molecule has 0 radical (unpaired) electrons. The Morgan fingerprint density at radius 1 is 1.15 bits per heavy atom. The van der Waals surface area contributed by atoms with Crippen molar-refractivity contribution >= 4 is 15.7 Å². The molecule has 110 valence electrons. The maximum absolute atomic E-state index is 12.1. The van der Waals surface area contributed by atoms with E-state index in [9.17, 15) is 13.2 Å². The van der Waals surface area contributed by atoms with Crippen molar-refractivity contribution in [2.75, 3.05) is 6.26 Å². The molecule has 1 aromatic rings. The van der Waals surface area contributed by atoms with Crippen LogP contribution in [0.1, 0.15) is 36.0 Å². The van der Waals surface area contributed by atoms with E-state index in [1.165, 1.54) is 12.1 Å². The fourth-order valence-corrected chi connectivity index (χ4v) is 3.02. The van der Waals surface area contributed by atoms with E-state index in [0.717, 1.165) is 31.9 Å². The fraction of sp³-hybridized carbons (Fsp3) is 0.500. The quantitative estimate of drug-likeness (QED) is 0.873. The molecule has 0 spiro atoms. The van der Waals surface area contributed by atoms with Crippen molar-refractivity contribution in [3.63, 3.8) is 0 Å². The molecule has 1 aliphatic rings. The zero-order valence-corrected chi connectivity index (χ0v) is 12.3. The topological polar surface area (TPSA) is 89.3 Å². The van der Waals surface area contributed by atoms with Crippen LogP contribution in [0.2, 0.25) is 0 Å². The van der Waals surface area contributed by atoms with E-state index in [1.807, 2.05) is 0 Å². The van der Waals surface area contributed by atoms with Gasteiger partial charge >= 0.3 is 0 Å². The highest BCUT2D eigenvalue weighted by molar-refractivity contribution is 7.90. The number of sulfone groups is 1. The predicted molar refractivity (Wildman–Crippen MR) is 77.2 cm³/mol. The molecule has 0 aliphatic heterocycles. The molecule has 6 heteroatoms. The second-order valence-corrected chi connectivity index (χ2v) is 7.40. The minimum absolute atomic E-state index is 0.162. The van der Waals surface area contributed by atoms with Crippen LogP contribution in [0.5, 0.6) is 0 Å². The van der Waals surface area contributed by atoms with E-state index in [-0.39, 0.29) is 22.9 Å². The summed E-state index contributed by atoms with van der Waals surface area (Å²) < 4.78 is 22.7. The largest absolute Gasteiger partial charge is 0.349 e. The lowest BCUT2D eigenvalue weighted by atomic mass is 9.91. The Kier molecular flexibility index (Phi) is 4.45. The maximum Gasteiger partial charge on any atom is 0.251 e. The van der Waals surface area contributed by atoms with Gasteiger partial charge in [-0.3, -0.25) is 4.79 Å². The zero-order chi connectivity index (χ0) is 14.8. The number of nitrogens with one attached hydrogen (secondary N) is 1. The van der Waals surface area contributed by atoms with Gasteiger partial charge in [0.1, 0.15) is 0 Å². The van der Waals surface area contributed by atoms with E-state index in [2.05, 4.69) is 5.32 Å². The van der Waals surface area contributed by atoms with Gasteiger partial charge < -0.3 is 11.1 Å². The number of hydrogen-bond donors (Lipinski definition) is 2. The Balaban J connectivity index is 1.99. The average molecular weight is 296 g/mol. The molecule has 5 nitrogen and oxygen atoms in total. The highest BCUT2D eigenvalue weighted by Gasteiger charge is 2.20. The summed E-state index contributed by atoms with van der Waals surface area (Å²) in [7, 11) is -3.22. The number of hydrogen-bond acceptors (Lipinski definition) is 4. The first kappa shape index (κ1) is 15.0. The van der Waals surface area contributed by atoms with Gasteiger partial charge in [-0.1, -0.05) is 0 Å². The summed E-state index contributed by atoms with van der Waals surface area (Å²) in [6, 6.07) is 6.41.